The molecule has 0 radical (unpaired) electrons. The van der Waals surface area contributed by atoms with E-state index in [9.17, 15) is 9.90 Å². The van der Waals surface area contributed by atoms with Crippen molar-refractivity contribution in [3.05, 3.63) is 46.6 Å². The molecule has 5 N–H and O–H groups in total. The van der Waals surface area contributed by atoms with Crippen molar-refractivity contribution < 1.29 is 9.90 Å². The van der Waals surface area contributed by atoms with Crippen LogP contribution in [0.3, 0.4) is 0 Å². The van der Waals surface area contributed by atoms with E-state index in [0.717, 1.165) is 36.4 Å². The highest BCUT2D eigenvalue weighted by Crippen LogP contribution is 2.29. The largest absolute Gasteiger partial charge is 0.508 e. The first-order chi connectivity index (χ1) is 13.8. The number of carbonyl (C=O) groups excluding carboxylic acids is 1. The normalized spacial score (nSPS) is 17.8. The Kier molecular flexibility index (Phi) is 6.50. The SMILES string of the molecule is Cc1ccc(O)c(C)c1NC(=O)c1cnc(/N=C(N)\C=C/N[C@@H]2CCN(C)C2)s1. The molecule has 154 valence electrons. The molecule has 0 bridgehead atoms. The number of benzene rings is 1. The number of likely N-dealkylation sites (tertiary alicyclic amines) is 1. The van der Waals surface area contributed by atoms with Crippen LogP contribution in [0.25, 0.3) is 0 Å². The topological polar surface area (TPSA) is 116 Å². The monoisotopic (exact) mass is 414 g/mol. The standard InChI is InChI=1S/C20H26N6O2S/c1-12-4-5-15(27)13(2)18(12)25-19(28)16-10-23-20(29-16)24-17(21)6-8-22-14-7-9-26(3)11-14/h4-6,8,10,14,22,27H,7,9,11H2,1-3H3,(H,25,28)(H2,21,23,24)/b8-6-/t14-/m1/s1. The Hall–Kier alpha value is -2.91. The van der Waals surface area contributed by atoms with E-state index >= 15 is 0 Å². The molecular formula is C20H26N6O2S. The molecule has 1 aromatic carbocycles. The Balaban J connectivity index is 1.62. The van der Waals surface area contributed by atoms with E-state index in [-0.39, 0.29) is 11.7 Å². The van der Waals surface area contributed by atoms with Gasteiger partial charge in [-0.1, -0.05) is 17.4 Å². The minimum absolute atomic E-state index is 0.137. The molecule has 2 aromatic rings. The summed E-state index contributed by atoms with van der Waals surface area (Å²) in [4.78, 5) is 23.6. The average molecular weight is 415 g/mol. The summed E-state index contributed by atoms with van der Waals surface area (Å²) in [6.07, 6.45) is 6.06. The number of hydrogen-bond donors (Lipinski definition) is 4. The van der Waals surface area contributed by atoms with Crippen molar-refractivity contribution in [3.8, 4) is 5.75 Å². The summed E-state index contributed by atoms with van der Waals surface area (Å²) in [7, 11) is 2.10. The third-order valence-electron chi connectivity index (χ3n) is 4.80. The Bertz CT molecular complexity index is 952. The molecule has 0 aliphatic carbocycles. The third kappa shape index (κ3) is 5.33. The third-order valence-corrected chi connectivity index (χ3v) is 5.69. The van der Waals surface area contributed by atoms with Crippen LogP contribution < -0.4 is 16.4 Å². The second-order valence-electron chi connectivity index (χ2n) is 7.15. The van der Waals surface area contributed by atoms with Gasteiger partial charge in [0.15, 0.2) is 0 Å². The van der Waals surface area contributed by atoms with Crippen LogP contribution in [-0.4, -0.2) is 52.9 Å². The van der Waals surface area contributed by atoms with Gasteiger partial charge in [0.2, 0.25) is 5.13 Å². The zero-order valence-electron chi connectivity index (χ0n) is 16.8. The second kappa shape index (κ2) is 9.06. The van der Waals surface area contributed by atoms with Crippen molar-refractivity contribution >= 4 is 33.9 Å². The van der Waals surface area contributed by atoms with Crippen LogP contribution in [0.15, 0.2) is 35.6 Å². The molecule has 29 heavy (non-hydrogen) atoms. The first-order valence-corrected chi connectivity index (χ1v) is 10.2. The van der Waals surface area contributed by atoms with Crippen LogP contribution in [-0.2, 0) is 0 Å². The van der Waals surface area contributed by atoms with E-state index in [1.54, 1.807) is 31.3 Å². The molecule has 1 aliphatic rings. The van der Waals surface area contributed by atoms with Crippen molar-refractivity contribution in [2.45, 2.75) is 26.3 Å². The number of phenolic OH excluding ortho intramolecular Hbond substituents is 1. The Morgan fingerprint density at radius 1 is 1.45 bits per heavy atom. The van der Waals surface area contributed by atoms with Crippen molar-refractivity contribution in [3.63, 3.8) is 0 Å². The highest BCUT2D eigenvalue weighted by molar-refractivity contribution is 7.17. The number of anilines is 1. The lowest BCUT2D eigenvalue weighted by Crippen LogP contribution is -2.27. The number of amidine groups is 1. The number of carbonyl (C=O) groups is 1. The van der Waals surface area contributed by atoms with Crippen LogP contribution in [0.5, 0.6) is 5.75 Å². The van der Waals surface area contributed by atoms with Gasteiger partial charge < -0.3 is 26.4 Å². The summed E-state index contributed by atoms with van der Waals surface area (Å²) < 4.78 is 0. The summed E-state index contributed by atoms with van der Waals surface area (Å²) in [5.41, 5.74) is 8.02. The van der Waals surface area contributed by atoms with Crippen LogP contribution in [0.4, 0.5) is 10.8 Å². The quantitative estimate of drug-likeness (QED) is 0.426. The number of rotatable bonds is 6. The molecule has 1 aliphatic heterocycles. The number of aliphatic imine (C=N–C) groups is 1. The molecule has 1 atom stereocenters. The number of nitrogens with zero attached hydrogens (tertiary/aromatic N) is 3. The minimum Gasteiger partial charge on any atom is -0.508 e. The fourth-order valence-electron chi connectivity index (χ4n) is 3.11. The number of aromatic nitrogens is 1. The summed E-state index contributed by atoms with van der Waals surface area (Å²) in [5.74, 6) is 0.143. The van der Waals surface area contributed by atoms with Crippen molar-refractivity contribution in [2.75, 3.05) is 25.5 Å². The maximum Gasteiger partial charge on any atom is 0.267 e. The van der Waals surface area contributed by atoms with Gasteiger partial charge in [-0.3, -0.25) is 4.79 Å². The maximum absolute atomic E-state index is 12.5. The molecule has 1 amide bonds. The molecule has 1 aromatic heterocycles. The zero-order chi connectivity index (χ0) is 21.0. The second-order valence-corrected chi connectivity index (χ2v) is 8.16. The lowest BCUT2D eigenvalue weighted by molar-refractivity contribution is 0.103. The molecule has 1 saturated heterocycles. The molecule has 2 heterocycles. The first kappa shape index (κ1) is 20.8. The predicted octanol–water partition coefficient (Wildman–Crippen LogP) is 2.51. The number of hydrogen-bond acceptors (Lipinski definition) is 7. The maximum atomic E-state index is 12.5. The highest BCUT2D eigenvalue weighted by Gasteiger charge is 2.17. The highest BCUT2D eigenvalue weighted by atomic mass is 32.1. The minimum atomic E-state index is -0.304. The number of thiazole rings is 1. The lowest BCUT2D eigenvalue weighted by Gasteiger charge is -2.11. The summed E-state index contributed by atoms with van der Waals surface area (Å²) in [5, 5.41) is 16.4. The number of nitrogens with two attached hydrogens (primary N) is 1. The lowest BCUT2D eigenvalue weighted by atomic mass is 10.1. The van der Waals surface area contributed by atoms with E-state index in [1.165, 1.54) is 6.20 Å². The molecule has 3 rings (SSSR count). The Morgan fingerprint density at radius 3 is 2.97 bits per heavy atom. The molecular weight excluding hydrogens is 388 g/mol. The van der Waals surface area contributed by atoms with Gasteiger partial charge in [0.25, 0.3) is 5.91 Å². The van der Waals surface area contributed by atoms with Gasteiger partial charge >= 0.3 is 0 Å². The fourth-order valence-corrected chi connectivity index (χ4v) is 3.82. The van der Waals surface area contributed by atoms with Crippen LogP contribution in [0.2, 0.25) is 0 Å². The number of aromatic hydroxyl groups is 1. The van der Waals surface area contributed by atoms with E-state index < -0.39 is 0 Å². The Labute approximate surface area is 174 Å². The van der Waals surface area contributed by atoms with Crippen molar-refractivity contribution in [1.29, 1.82) is 0 Å². The predicted molar refractivity (Wildman–Crippen MR) is 117 cm³/mol. The van der Waals surface area contributed by atoms with Gasteiger partial charge in [0.05, 0.1) is 11.9 Å². The molecule has 8 nitrogen and oxygen atoms in total. The zero-order valence-corrected chi connectivity index (χ0v) is 17.6. The molecule has 1 fully saturated rings. The smallest absolute Gasteiger partial charge is 0.267 e. The van der Waals surface area contributed by atoms with Gasteiger partial charge in [-0.25, -0.2) is 9.98 Å². The van der Waals surface area contributed by atoms with E-state index in [2.05, 4.69) is 32.6 Å². The van der Waals surface area contributed by atoms with E-state index in [4.69, 9.17) is 5.73 Å². The fraction of sp³-hybridized carbons (Fsp3) is 0.350. The number of phenols is 1. The van der Waals surface area contributed by atoms with Gasteiger partial charge in [-0.2, -0.15) is 0 Å². The summed E-state index contributed by atoms with van der Waals surface area (Å²) in [6.45, 7) is 5.71. The summed E-state index contributed by atoms with van der Waals surface area (Å²) in [6, 6.07) is 3.78. The molecule has 0 saturated carbocycles. The van der Waals surface area contributed by atoms with Crippen LogP contribution >= 0.6 is 11.3 Å². The number of nitrogens with one attached hydrogen (secondary N) is 2. The van der Waals surface area contributed by atoms with Gasteiger partial charge in [-0.05, 0) is 51.6 Å². The number of aryl methyl sites for hydroxylation is 1. The van der Waals surface area contributed by atoms with Gasteiger partial charge in [-0.15, -0.1) is 0 Å². The van der Waals surface area contributed by atoms with Crippen LogP contribution in [0.1, 0.15) is 27.2 Å². The van der Waals surface area contributed by atoms with Crippen molar-refractivity contribution in [1.82, 2.24) is 15.2 Å². The number of amides is 1. The Morgan fingerprint density at radius 2 is 2.24 bits per heavy atom. The molecule has 0 unspecified atom stereocenters. The van der Waals surface area contributed by atoms with Crippen LogP contribution in [0, 0.1) is 13.8 Å². The van der Waals surface area contributed by atoms with Crippen molar-refractivity contribution in [2.24, 2.45) is 10.7 Å². The average Bonchev–Trinajstić information content (AvgIpc) is 3.31. The van der Waals surface area contributed by atoms with E-state index in [1.807, 2.05) is 6.92 Å². The summed E-state index contributed by atoms with van der Waals surface area (Å²) >= 11 is 1.15. The molecule has 0 spiro atoms. The first-order valence-electron chi connectivity index (χ1n) is 9.35. The molecule has 9 heteroatoms. The number of likely N-dealkylation sites (N-methyl/N-ethyl adjacent to an activating group) is 1. The van der Waals surface area contributed by atoms with Gasteiger partial charge in [0.1, 0.15) is 16.5 Å². The van der Waals surface area contributed by atoms with E-state index in [0.29, 0.717) is 33.1 Å². The van der Waals surface area contributed by atoms with Gasteiger partial charge in [0, 0.05) is 24.4 Å².